The molecular formula is C22H33N6O11P. The molecule has 2 saturated heterocycles. The molecule has 18 heteroatoms. The van der Waals surface area contributed by atoms with Crippen LogP contribution in [0.4, 0.5) is 0 Å². The quantitative estimate of drug-likeness (QED) is 0.151. The molecule has 222 valence electrons. The van der Waals surface area contributed by atoms with E-state index in [2.05, 4.69) is 15.1 Å². The molecule has 17 nitrogen and oxygen atoms in total. The molecule has 2 aliphatic heterocycles. The number of aryl methyl sites for hydroxylation is 2. The van der Waals surface area contributed by atoms with Crippen LogP contribution in [0.3, 0.4) is 0 Å². The maximum absolute atomic E-state index is 13.7. The summed E-state index contributed by atoms with van der Waals surface area (Å²) in [5, 5.41) is 23.0. The van der Waals surface area contributed by atoms with Crippen LogP contribution >= 0.6 is 7.75 Å². The van der Waals surface area contributed by atoms with Crippen LogP contribution in [0, 0.1) is 13.8 Å². The smallest absolute Gasteiger partial charge is 0.394 e. The first-order valence-corrected chi connectivity index (χ1v) is 14.1. The lowest BCUT2D eigenvalue weighted by molar-refractivity contribution is -0.0532. The zero-order chi connectivity index (χ0) is 29.2. The summed E-state index contributed by atoms with van der Waals surface area (Å²) in [6.45, 7) is 2.19. The van der Waals surface area contributed by atoms with E-state index in [0.717, 1.165) is 9.13 Å². The molecule has 0 saturated carbocycles. The molecule has 2 aromatic rings. The van der Waals surface area contributed by atoms with Crippen molar-refractivity contribution in [2.24, 2.45) is 5.73 Å². The molecule has 0 bridgehead atoms. The summed E-state index contributed by atoms with van der Waals surface area (Å²) < 4.78 is 38.8. The van der Waals surface area contributed by atoms with Gasteiger partial charge in [0.25, 0.3) is 11.1 Å². The molecule has 40 heavy (non-hydrogen) atoms. The molecule has 2 aromatic heterocycles. The van der Waals surface area contributed by atoms with Gasteiger partial charge in [-0.25, -0.2) is 19.2 Å². The van der Waals surface area contributed by atoms with Gasteiger partial charge in [-0.3, -0.25) is 37.7 Å². The summed E-state index contributed by atoms with van der Waals surface area (Å²) >= 11 is 0. The molecule has 0 aromatic carbocycles. The fourth-order valence-electron chi connectivity index (χ4n) is 4.45. The number of rotatable bonds is 11. The van der Waals surface area contributed by atoms with Crippen molar-refractivity contribution in [3.05, 3.63) is 65.2 Å². The van der Waals surface area contributed by atoms with Crippen molar-refractivity contribution in [1.82, 2.24) is 24.2 Å². The maximum atomic E-state index is 13.7. The van der Waals surface area contributed by atoms with Gasteiger partial charge in [0.15, 0.2) is 0 Å². The average molecular weight is 589 g/mol. The van der Waals surface area contributed by atoms with E-state index in [9.17, 15) is 34.0 Å². The largest absolute Gasteiger partial charge is 0.406 e. The predicted molar refractivity (Wildman–Crippen MR) is 138 cm³/mol. The van der Waals surface area contributed by atoms with Gasteiger partial charge in [0.05, 0.1) is 19.3 Å². The number of nitrogens with two attached hydrogens (primary N) is 1. The average Bonchev–Trinajstić information content (AvgIpc) is 3.48. The Kier molecular flexibility index (Phi) is 9.39. The highest BCUT2D eigenvalue weighted by Crippen LogP contribution is 2.49. The topological polar surface area (TPSA) is 242 Å². The number of aliphatic hydroxyl groups is 2. The first-order chi connectivity index (χ1) is 18.9. The number of aliphatic hydroxyl groups excluding tert-OH is 2. The van der Waals surface area contributed by atoms with Crippen LogP contribution in [0.2, 0.25) is 0 Å². The maximum Gasteiger partial charge on any atom is 0.406 e. The zero-order valence-electron chi connectivity index (χ0n) is 21.8. The molecule has 2 fully saturated rings. The Balaban J connectivity index is 1.46. The van der Waals surface area contributed by atoms with E-state index in [4.69, 9.17) is 24.3 Å². The molecule has 4 heterocycles. The summed E-state index contributed by atoms with van der Waals surface area (Å²) in [4.78, 5) is 52.3. The Morgan fingerprint density at radius 1 is 1.02 bits per heavy atom. The van der Waals surface area contributed by atoms with Gasteiger partial charge in [0.1, 0.15) is 30.8 Å². The van der Waals surface area contributed by atoms with Gasteiger partial charge in [-0.2, -0.15) is 0 Å². The lowest BCUT2D eigenvalue weighted by atomic mass is 10.2. The van der Waals surface area contributed by atoms with Gasteiger partial charge in [-0.05, 0) is 13.8 Å². The predicted octanol–water partition coefficient (Wildman–Crippen LogP) is -2.31. The third kappa shape index (κ3) is 6.59. The van der Waals surface area contributed by atoms with E-state index >= 15 is 0 Å². The SMILES string of the molecule is Cc1cn([C@H]2C[C@H](OP(=O)(NCCN)OC[C@H]3O[C@@H](n4cc(C)c(=O)[nH]c4=O)C[C@@H]3O)[C@@H](CO)O2)c(=O)[nH]c1=O. The van der Waals surface area contributed by atoms with Crippen molar-refractivity contribution in [3.8, 4) is 0 Å². The first kappa shape index (κ1) is 30.2. The summed E-state index contributed by atoms with van der Waals surface area (Å²) in [5.74, 6) is 0. The van der Waals surface area contributed by atoms with Crippen LogP contribution in [0.5, 0.6) is 0 Å². The normalized spacial score (nSPS) is 28.1. The van der Waals surface area contributed by atoms with Crippen molar-refractivity contribution in [1.29, 1.82) is 0 Å². The highest BCUT2D eigenvalue weighted by molar-refractivity contribution is 7.51. The van der Waals surface area contributed by atoms with Gasteiger partial charge in [0.2, 0.25) is 0 Å². The van der Waals surface area contributed by atoms with Crippen molar-refractivity contribution in [2.75, 3.05) is 26.3 Å². The van der Waals surface area contributed by atoms with Crippen LogP contribution in [0.25, 0.3) is 0 Å². The molecule has 4 rings (SSSR count). The fourth-order valence-corrected chi connectivity index (χ4v) is 6.00. The third-order valence-corrected chi connectivity index (χ3v) is 8.26. The van der Waals surface area contributed by atoms with E-state index in [1.165, 1.54) is 26.2 Å². The fraction of sp³-hybridized carbons (Fsp3) is 0.636. The van der Waals surface area contributed by atoms with Crippen LogP contribution in [-0.2, 0) is 23.1 Å². The Labute approximate surface area is 226 Å². The number of aromatic amines is 2. The Hall–Kier alpha value is -2.73. The Morgan fingerprint density at radius 2 is 1.57 bits per heavy atom. The second kappa shape index (κ2) is 12.4. The monoisotopic (exact) mass is 588 g/mol. The van der Waals surface area contributed by atoms with Gasteiger partial charge >= 0.3 is 19.1 Å². The van der Waals surface area contributed by atoms with E-state index in [1.54, 1.807) is 0 Å². The van der Waals surface area contributed by atoms with Gasteiger partial charge in [0, 0.05) is 49.5 Å². The molecule has 0 radical (unpaired) electrons. The van der Waals surface area contributed by atoms with E-state index in [0.29, 0.717) is 0 Å². The van der Waals surface area contributed by atoms with Crippen LogP contribution < -0.4 is 33.3 Å². The standard InChI is InChI=1S/C22H33N6O11P/c1-11-7-27(21(33)25-19(11)31)17-5-13(30)16(38-17)10-36-40(35,24-4-3-23)39-14-6-18(37-15(14)9-29)28-8-12(2)20(32)26-22(28)34/h7-8,13-18,29-30H,3-6,9-10,23H2,1-2H3,(H,24,35)(H,25,31,33)(H,26,32,34)/t13-,14-,15+,16+,17+,18+,40?/m0/s1. The number of hydrogen-bond acceptors (Lipinski definition) is 12. The van der Waals surface area contributed by atoms with Gasteiger partial charge in [-0.1, -0.05) is 0 Å². The number of nitrogens with zero attached hydrogens (tertiary/aromatic N) is 2. The minimum Gasteiger partial charge on any atom is -0.394 e. The minimum absolute atomic E-state index is 0.00112. The molecule has 7 N–H and O–H groups in total. The van der Waals surface area contributed by atoms with E-state index < -0.39 is 80.3 Å². The third-order valence-electron chi connectivity index (χ3n) is 6.61. The molecule has 0 spiro atoms. The Bertz CT molecular complexity index is 1490. The molecule has 1 unspecified atom stereocenters. The summed E-state index contributed by atoms with van der Waals surface area (Å²) in [7, 11) is -4.15. The molecule has 2 aliphatic rings. The summed E-state index contributed by atoms with van der Waals surface area (Å²) in [5.41, 5.74) is 3.56. The first-order valence-electron chi connectivity index (χ1n) is 12.6. The molecular weight excluding hydrogens is 555 g/mol. The summed E-state index contributed by atoms with van der Waals surface area (Å²) in [6, 6.07) is 0. The number of nitrogens with one attached hydrogen (secondary N) is 3. The molecule has 0 amide bonds. The number of ether oxygens (including phenoxy) is 2. The Morgan fingerprint density at radius 3 is 2.12 bits per heavy atom. The van der Waals surface area contributed by atoms with Crippen molar-refractivity contribution < 1.29 is 33.3 Å². The number of aromatic nitrogens is 4. The lowest BCUT2D eigenvalue weighted by Gasteiger charge is -2.26. The number of hydrogen-bond donors (Lipinski definition) is 6. The van der Waals surface area contributed by atoms with Crippen molar-refractivity contribution in [2.45, 2.75) is 63.6 Å². The van der Waals surface area contributed by atoms with Gasteiger partial charge < -0.3 is 25.4 Å². The lowest BCUT2D eigenvalue weighted by Crippen LogP contribution is -2.34. The van der Waals surface area contributed by atoms with Gasteiger partial charge in [-0.15, -0.1) is 0 Å². The van der Waals surface area contributed by atoms with E-state index in [-0.39, 0.29) is 37.1 Å². The minimum atomic E-state index is -4.15. The zero-order valence-corrected chi connectivity index (χ0v) is 22.7. The van der Waals surface area contributed by atoms with E-state index in [1.807, 2.05) is 0 Å². The van der Waals surface area contributed by atoms with Crippen LogP contribution in [0.15, 0.2) is 31.6 Å². The summed E-state index contributed by atoms with van der Waals surface area (Å²) in [6.07, 6.45) is -3.35. The second-order valence-corrected chi connectivity index (χ2v) is 11.4. The molecule has 7 atom stereocenters. The van der Waals surface area contributed by atoms with Crippen LogP contribution in [0.1, 0.15) is 36.4 Å². The van der Waals surface area contributed by atoms with Crippen LogP contribution in [-0.4, -0.2) is 80.0 Å². The van der Waals surface area contributed by atoms with Crippen molar-refractivity contribution in [3.63, 3.8) is 0 Å². The molecule has 0 aliphatic carbocycles. The highest BCUT2D eigenvalue weighted by Gasteiger charge is 2.43. The highest BCUT2D eigenvalue weighted by atomic mass is 31.2. The second-order valence-electron chi connectivity index (χ2n) is 9.57. The van der Waals surface area contributed by atoms with Crippen molar-refractivity contribution >= 4 is 7.75 Å². The number of H-pyrrole nitrogens is 2.